The SMILES string of the molecule is ClCc1ccc(CCl)cc1.N#Cc1ccc(N2CCN(Cc3ccc(CCl)cc3)CC2)c(F)c1. The Morgan fingerprint density at radius 1 is 0.706 bits per heavy atom. The number of nitrogens with zero attached hydrogens (tertiary/aromatic N) is 3. The molecule has 0 unspecified atom stereocenters. The maximum Gasteiger partial charge on any atom is 0.147 e. The second kappa shape index (κ2) is 13.6. The summed E-state index contributed by atoms with van der Waals surface area (Å²) in [6, 6.07) is 23.0. The van der Waals surface area contributed by atoms with Crippen LogP contribution in [0.5, 0.6) is 0 Å². The number of nitriles is 1. The van der Waals surface area contributed by atoms with E-state index < -0.39 is 0 Å². The number of anilines is 1. The van der Waals surface area contributed by atoms with Crippen molar-refractivity contribution < 1.29 is 4.39 Å². The van der Waals surface area contributed by atoms with Gasteiger partial charge in [-0.3, -0.25) is 4.90 Å². The van der Waals surface area contributed by atoms with Gasteiger partial charge in [-0.1, -0.05) is 48.5 Å². The summed E-state index contributed by atoms with van der Waals surface area (Å²) in [7, 11) is 0. The normalized spacial score (nSPS) is 13.7. The second-order valence-corrected chi connectivity index (χ2v) is 8.88. The van der Waals surface area contributed by atoms with Crippen molar-refractivity contribution in [2.75, 3.05) is 31.1 Å². The number of rotatable bonds is 6. The molecule has 4 rings (SSSR count). The Labute approximate surface area is 216 Å². The molecule has 1 fully saturated rings. The summed E-state index contributed by atoms with van der Waals surface area (Å²) in [5.74, 6) is 1.36. The lowest BCUT2D eigenvalue weighted by Gasteiger charge is -2.36. The van der Waals surface area contributed by atoms with Gasteiger partial charge < -0.3 is 4.90 Å². The molecule has 3 aromatic carbocycles. The van der Waals surface area contributed by atoms with E-state index in [0.717, 1.165) is 49.4 Å². The van der Waals surface area contributed by atoms with Crippen LogP contribution in [0.15, 0.2) is 66.7 Å². The molecule has 34 heavy (non-hydrogen) atoms. The molecule has 0 radical (unpaired) electrons. The van der Waals surface area contributed by atoms with E-state index in [-0.39, 0.29) is 5.82 Å². The molecule has 3 aromatic rings. The highest BCUT2D eigenvalue weighted by molar-refractivity contribution is 6.17. The minimum absolute atomic E-state index is 0.320. The van der Waals surface area contributed by atoms with Crippen LogP contribution < -0.4 is 4.90 Å². The minimum atomic E-state index is -0.320. The maximum absolute atomic E-state index is 14.1. The molecule has 0 atom stereocenters. The zero-order chi connectivity index (χ0) is 24.3. The molecule has 7 heteroatoms. The highest BCUT2D eigenvalue weighted by Crippen LogP contribution is 2.22. The summed E-state index contributed by atoms with van der Waals surface area (Å²) in [5, 5.41) is 8.83. The van der Waals surface area contributed by atoms with Crippen molar-refractivity contribution in [3.63, 3.8) is 0 Å². The fraction of sp³-hybridized carbons (Fsp3) is 0.296. The van der Waals surface area contributed by atoms with E-state index in [1.165, 1.54) is 11.6 Å². The van der Waals surface area contributed by atoms with E-state index in [4.69, 9.17) is 40.1 Å². The molecule has 0 spiro atoms. The number of hydrogen-bond acceptors (Lipinski definition) is 3. The van der Waals surface area contributed by atoms with Crippen molar-refractivity contribution in [1.82, 2.24) is 4.90 Å². The van der Waals surface area contributed by atoms with Gasteiger partial charge in [-0.05, 0) is 40.5 Å². The third-order valence-corrected chi connectivity index (χ3v) is 6.63. The monoisotopic (exact) mass is 517 g/mol. The number of benzene rings is 3. The molecule has 0 aromatic heterocycles. The summed E-state index contributed by atoms with van der Waals surface area (Å²) >= 11 is 17.0. The molecule has 1 heterocycles. The van der Waals surface area contributed by atoms with Crippen LogP contribution in [0.3, 0.4) is 0 Å². The number of piperazine rings is 1. The summed E-state index contributed by atoms with van der Waals surface area (Å²) < 4.78 is 14.1. The minimum Gasteiger partial charge on any atom is -0.367 e. The van der Waals surface area contributed by atoms with Crippen LogP contribution in [0.25, 0.3) is 0 Å². The Morgan fingerprint density at radius 3 is 1.59 bits per heavy atom. The Kier molecular flexibility index (Phi) is 10.5. The lowest BCUT2D eigenvalue weighted by atomic mass is 10.1. The molecule has 178 valence electrons. The van der Waals surface area contributed by atoms with Crippen LogP contribution in [0, 0.1) is 17.1 Å². The smallest absolute Gasteiger partial charge is 0.147 e. The van der Waals surface area contributed by atoms with Crippen molar-refractivity contribution in [3.8, 4) is 6.07 Å². The van der Waals surface area contributed by atoms with Gasteiger partial charge >= 0.3 is 0 Å². The molecule has 0 bridgehead atoms. The first-order valence-corrected chi connectivity index (χ1v) is 12.7. The summed E-state index contributed by atoms with van der Waals surface area (Å²) in [4.78, 5) is 4.41. The first kappa shape index (κ1) is 26.3. The van der Waals surface area contributed by atoms with Crippen LogP contribution in [0.4, 0.5) is 10.1 Å². The average Bonchev–Trinajstić information content (AvgIpc) is 2.90. The Morgan fingerprint density at radius 2 is 1.18 bits per heavy atom. The van der Waals surface area contributed by atoms with E-state index in [1.807, 2.05) is 35.2 Å². The molecule has 0 N–H and O–H groups in total. The van der Waals surface area contributed by atoms with Crippen molar-refractivity contribution in [2.45, 2.75) is 24.2 Å². The topological polar surface area (TPSA) is 30.3 Å². The van der Waals surface area contributed by atoms with Crippen LogP contribution >= 0.6 is 34.8 Å². The second-order valence-electron chi connectivity index (χ2n) is 8.08. The van der Waals surface area contributed by atoms with Crippen LogP contribution in [0.2, 0.25) is 0 Å². The highest BCUT2D eigenvalue weighted by Gasteiger charge is 2.19. The van der Waals surface area contributed by atoms with E-state index in [2.05, 4.69) is 29.2 Å². The molecule has 0 amide bonds. The molecule has 0 saturated carbocycles. The lowest BCUT2D eigenvalue weighted by molar-refractivity contribution is 0.249. The van der Waals surface area contributed by atoms with Crippen molar-refractivity contribution in [2.24, 2.45) is 0 Å². The average molecular weight is 519 g/mol. The van der Waals surface area contributed by atoms with Gasteiger partial charge in [-0.15, -0.1) is 34.8 Å². The largest absolute Gasteiger partial charge is 0.367 e. The first-order chi connectivity index (χ1) is 16.6. The zero-order valence-electron chi connectivity index (χ0n) is 18.9. The molecule has 1 saturated heterocycles. The molecular weight excluding hydrogens is 492 g/mol. The lowest BCUT2D eigenvalue weighted by Crippen LogP contribution is -2.46. The fourth-order valence-corrected chi connectivity index (χ4v) is 4.22. The van der Waals surface area contributed by atoms with E-state index in [1.54, 1.807) is 12.1 Å². The van der Waals surface area contributed by atoms with Gasteiger partial charge in [0, 0.05) is 50.4 Å². The maximum atomic E-state index is 14.1. The van der Waals surface area contributed by atoms with Gasteiger partial charge in [0.05, 0.1) is 17.3 Å². The molecule has 3 nitrogen and oxygen atoms in total. The van der Waals surface area contributed by atoms with Gasteiger partial charge in [0.25, 0.3) is 0 Å². The van der Waals surface area contributed by atoms with Gasteiger partial charge in [0.15, 0.2) is 0 Å². The Bertz CT molecular complexity index is 1050. The number of halogens is 4. The molecule has 1 aliphatic heterocycles. The van der Waals surface area contributed by atoms with Gasteiger partial charge in [0.1, 0.15) is 5.82 Å². The van der Waals surface area contributed by atoms with Gasteiger partial charge in [-0.25, -0.2) is 4.39 Å². The van der Waals surface area contributed by atoms with E-state index in [9.17, 15) is 4.39 Å². The number of hydrogen-bond donors (Lipinski definition) is 0. The summed E-state index contributed by atoms with van der Waals surface area (Å²) in [5.41, 5.74) is 5.60. The number of alkyl halides is 3. The quantitative estimate of drug-likeness (QED) is 0.332. The summed E-state index contributed by atoms with van der Waals surface area (Å²) in [6.07, 6.45) is 0. The standard InChI is InChI=1S/C19H19ClFN3.C8H8Cl2/c20-12-15-1-3-16(4-2-15)14-23-7-9-24(10-8-23)19-6-5-17(13-22)11-18(19)21;9-5-7-1-2-8(6-10)4-3-7/h1-6,11H,7-10,12,14H2;1-4H,5-6H2. The summed E-state index contributed by atoms with van der Waals surface area (Å²) in [6.45, 7) is 4.23. The Balaban J connectivity index is 0.000000271. The van der Waals surface area contributed by atoms with Gasteiger partial charge in [-0.2, -0.15) is 5.26 Å². The van der Waals surface area contributed by atoms with Crippen LogP contribution in [-0.4, -0.2) is 31.1 Å². The highest BCUT2D eigenvalue weighted by atomic mass is 35.5. The zero-order valence-corrected chi connectivity index (χ0v) is 21.1. The van der Waals surface area contributed by atoms with Crippen LogP contribution in [0.1, 0.15) is 27.8 Å². The predicted octanol–water partition coefficient (Wildman–Crippen LogP) is 6.92. The predicted molar refractivity (Wildman–Crippen MR) is 140 cm³/mol. The van der Waals surface area contributed by atoms with Crippen molar-refractivity contribution >= 4 is 40.5 Å². The van der Waals surface area contributed by atoms with Crippen molar-refractivity contribution in [3.05, 3.63) is 100 Å². The fourth-order valence-electron chi connectivity index (χ4n) is 3.69. The van der Waals surface area contributed by atoms with Crippen molar-refractivity contribution in [1.29, 1.82) is 5.26 Å². The third kappa shape index (κ3) is 7.61. The molecule has 1 aliphatic rings. The third-order valence-electron chi connectivity index (χ3n) is 5.70. The van der Waals surface area contributed by atoms with Crippen LogP contribution in [-0.2, 0) is 24.2 Å². The molecule has 0 aliphatic carbocycles. The Hall–Kier alpha value is -2.29. The first-order valence-electron chi connectivity index (χ1n) is 11.1. The molecular formula is C27H27Cl3FN3. The van der Waals surface area contributed by atoms with E-state index >= 15 is 0 Å². The van der Waals surface area contributed by atoms with E-state index in [0.29, 0.717) is 28.9 Å². The van der Waals surface area contributed by atoms with Gasteiger partial charge in [0.2, 0.25) is 0 Å².